The molecule has 2 heterocycles. The summed E-state index contributed by atoms with van der Waals surface area (Å²) in [7, 11) is 1.45. The molecular formula is C40H33Br2N3O6. The number of amides is 4. The first kappa shape index (κ1) is 33.4. The molecule has 6 unspecified atom stereocenters. The van der Waals surface area contributed by atoms with Gasteiger partial charge in [-0.05, 0) is 99.0 Å². The number of benzene rings is 4. The van der Waals surface area contributed by atoms with Crippen molar-refractivity contribution in [3.63, 3.8) is 0 Å². The number of para-hydroxylation sites is 1. The Labute approximate surface area is 311 Å². The number of hydrogen-bond donors (Lipinski definition) is 2. The highest BCUT2D eigenvalue weighted by Gasteiger charge is 2.70. The van der Waals surface area contributed by atoms with Gasteiger partial charge in [0.25, 0.3) is 11.8 Å². The molecule has 2 aliphatic carbocycles. The van der Waals surface area contributed by atoms with Crippen LogP contribution in [-0.2, 0) is 24.6 Å². The lowest BCUT2D eigenvalue weighted by Crippen LogP contribution is -2.53. The topological polar surface area (TPSA) is 116 Å². The maximum Gasteiger partial charge on any atom is 0.260 e. The number of aromatic hydroxyl groups is 1. The number of phenols is 1. The van der Waals surface area contributed by atoms with Gasteiger partial charge in [0.1, 0.15) is 0 Å². The minimum atomic E-state index is -1.47. The van der Waals surface area contributed by atoms with E-state index < -0.39 is 46.8 Å². The quantitative estimate of drug-likeness (QED) is 0.154. The normalized spacial score (nSPS) is 26.8. The first-order valence-electron chi connectivity index (χ1n) is 16.7. The third-order valence-electron chi connectivity index (χ3n) is 11.1. The summed E-state index contributed by atoms with van der Waals surface area (Å²) in [5.41, 5.74) is 5.78. The number of imide groups is 2. The van der Waals surface area contributed by atoms with E-state index >= 15 is 4.79 Å². The Kier molecular flexibility index (Phi) is 8.18. The van der Waals surface area contributed by atoms with Crippen molar-refractivity contribution in [3.8, 4) is 11.5 Å². The standard InChI is InChI=1S/C40H33Br2N3O6/c1-21-13-15-23(16-14-21)43-45-37(48)29-19-27-25(17-18-26-31(27)38(49)44(36(26)47)24-11-7-4-8-12-24)32(28-20-30(51-2)35(46)34(42)33(28)41)40(29,39(45)50)22-9-5-3-6-10-22/h3-17,20,26-27,29,31-32,43,46H,18-19H2,1-2H3. The number of carbonyl (C=O) groups is 4. The van der Waals surface area contributed by atoms with Gasteiger partial charge in [-0.3, -0.25) is 29.5 Å². The van der Waals surface area contributed by atoms with Crippen molar-refractivity contribution in [3.05, 3.63) is 128 Å². The van der Waals surface area contributed by atoms with E-state index in [9.17, 15) is 19.5 Å². The number of carbonyl (C=O) groups excluding carboxylic acids is 4. The third-order valence-corrected chi connectivity index (χ3v) is 13.3. The average Bonchev–Trinajstić information content (AvgIpc) is 3.53. The lowest BCUT2D eigenvalue weighted by molar-refractivity contribution is -0.138. The summed E-state index contributed by atoms with van der Waals surface area (Å²) in [5.74, 6) is -5.02. The average molecular weight is 812 g/mol. The van der Waals surface area contributed by atoms with Crippen LogP contribution in [0.25, 0.3) is 0 Å². The number of aryl methyl sites for hydroxylation is 1. The Morgan fingerprint density at radius 3 is 2.18 bits per heavy atom. The molecule has 4 aliphatic rings. The molecule has 9 nitrogen and oxygen atoms in total. The summed E-state index contributed by atoms with van der Waals surface area (Å²) in [4.78, 5) is 60.0. The molecule has 4 aromatic carbocycles. The van der Waals surface area contributed by atoms with Gasteiger partial charge >= 0.3 is 0 Å². The van der Waals surface area contributed by atoms with Gasteiger partial charge in [0.2, 0.25) is 11.8 Å². The molecule has 0 radical (unpaired) electrons. The smallest absolute Gasteiger partial charge is 0.260 e. The van der Waals surface area contributed by atoms with Gasteiger partial charge in [-0.15, -0.1) is 0 Å². The van der Waals surface area contributed by atoms with Crippen molar-refractivity contribution < 1.29 is 29.0 Å². The van der Waals surface area contributed by atoms with Gasteiger partial charge in [0.05, 0.1) is 46.1 Å². The highest BCUT2D eigenvalue weighted by Crippen LogP contribution is 2.65. The number of ether oxygens (including phenoxy) is 1. The Bertz CT molecular complexity index is 2140. The van der Waals surface area contributed by atoms with E-state index in [1.165, 1.54) is 12.0 Å². The van der Waals surface area contributed by atoms with E-state index in [-0.39, 0.29) is 36.2 Å². The molecule has 2 aliphatic heterocycles. The van der Waals surface area contributed by atoms with Gasteiger partial charge in [-0.25, -0.2) is 0 Å². The number of allylic oxidation sites excluding steroid dienone is 2. The molecule has 1 saturated carbocycles. The zero-order chi connectivity index (χ0) is 35.8. The third kappa shape index (κ3) is 4.84. The predicted octanol–water partition coefficient (Wildman–Crippen LogP) is 7.42. The van der Waals surface area contributed by atoms with Gasteiger partial charge in [0.15, 0.2) is 11.5 Å². The number of nitrogens with one attached hydrogen (secondary N) is 1. The Hall–Kier alpha value is -4.74. The molecule has 3 fully saturated rings. The van der Waals surface area contributed by atoms with Crippen LogP contribution in [0.5, 0.6) is 11.5 Å². The van der Waals surface area contributed by atoms with E-state index in [2.05, 4.69) is 37.3 Å². The Morgan fingerprint density at radius 1 is 0.843 bits per heavy atom. The van der Waals surface area contributed by atoms with Crippen LogP contribution in [0, 0.1) is 30.6 Å². The van der Waals surface area contributed by atoms with Crippen LogP contribution in [-0.4, -0.2) is 40.9 Å². The maximum atomic E-state index is 15.4. The van der Waals surface area contributed by atoms with Crippen molar-refractivity contribution in [2.75, 3.05) is 17.4 Å². The molecule has 0 bridgehead atoms. The van der Waals surface area contributed by atoms with Gasteiger partial charge < -0.3 is 9.84 Å². The lowest BCUT2D eigenvalue weighted by Gasteiger charge is -2.51. The Morgan fingerprint density at radius 2 is 1.51 bits per heavy atom. The van der Waals surface area contributed by atoms with Crippen LogP contribution in [0.15, 0.2) is 112 Å². The van der Waals surface area contributed by atoms with Crippen molar-refractivity contribution in [1.82, 2.24) is 5.01 Å². The molecule has 6 atom stereocenters. The molecule has 258 valence electrons. The summed E-state index contributed by atoms with van der Waals surface area (Å²) in [6, 6.07) is 27.3. The molecule has 11 heteroatoms. The fraction of sp³-hybridized carbons (Fsp3) is 0.250. The van der Waals surface area contributed by atoms with E-state index in [0.717, 1.165) is 16.1 Å². The highest BCUT2D eigenvalue weighted by molar-refractivity contribution is 9.13. The number of nitrogens with zero attached hydrogens (tertiary/aromatic N) is 2. The van der Waals surface area contributed by atoms with E-state index in [0.29, 0.717) is 31.4 Å². The largest absolute Gasteiger partial charge is 0.503 e. The van der Waals surface area contributed by atoms with Crippen LogP contribution in [0.3, 0.4) is 0 Å². The number of phenolic OH excluding ortho intramolecular Hbond substituents is 1. The maximum absolute atomic E-state index is 15.4. The number of hydrogen-bond acceptors (Lipinski definition) is 7. The minimum Gasteiger partial charge on any atom is -0.503 e. The molecule has 4 aromatic rings. The number of methoxy groups -OCH3 is 1. The number of rotatable bonds is 6. The number of halogens is 2. The van der Waals surface area contributed by atoms with Gasteiger partial charge in [0, 0.05) is 10.4 Å². The van der Waals surface area contributed by atoms with Crippen LogP contribution in [0.2, 0.25) is 0 Å². The SMILES string of the molecule is COc1cc(C2C3=CCC4C(=O)N(c5ccccc5)C(=O)C4C3CC3C(=O)N(Nc4ccc(C)cc4)C(=O)C32c2ccccc2)c(Br)c(Br)c1O. The lowest BCUT2D eigenvalue weighted by atomic mass is 9.49. The van der Waals surface area contributed by atoms with E-state index in [1.54, 1.807) is 30.3 Å². The molecule has 2 saturated heterocycles. The Balaban J connectivity index is 1.37. The number of anilines is 2. The zero-order valence-corrected chi connectivity index (χ0v) is 30.8. The molecule has 51 heavy (non-hydrogen) atoms. The molecule has 2 N–H and O–H groups in total. The molecular weight excluding hydrogens is 778 g/mol. The first-order valence-corrected chi connectivity index (χ1v) is 18.3. The van der Waals surface area contributed by atoms with Crippen molar-refractivity contribution >= 4 is 66.9 Å². The summed E-state index contributed by atoms with van der Waals surface area (Å²) >= 11 is 7.26. The summed E-state index contributed by atoms with van der Waals surface area (Å²) in [6.07, 6.45) is 2.47. The predicted molar refractivity (Wildman–Crippen MR) is 198 cm³/mol. The summed E-state index contributed by atoms with van der Waals surface area (Å²) in [6.45, 7) is 1.96. The first-order chi connectivity index (χ1) is 24.6. The highest BCUT2D eigenvalue weighted by atomic mass is 79.9. The second kappa shape index (κ2) is 12.5. The van der Waals surface area contributed by atoms with Crippen molar-refractivity contribution in [2.45, 2.75) is 31.1 Å². The summed E-state index contributed by atoms with van der Waals surface area (Å²) < 4.78 is 6.42. The summed E-state index contributed by atoms with van der Waals surface area (Å²) in [5, 5.41) is 12.1. The van der Waals surface area contributed by atoms with Crippen LogP contribution < -0.4 is 15.1 Å². The fourth-order valence-corrected chi connectivity index (χ4v) is 9.86. The van der Waals surface area contributed by atoms with Crippen molar-refractivity contribution in [2.24, 2.45) is 23.7 Å². The van der Waals surface area contributed by atoms with Crippen LogP contribution >= 0.6 is 31.9 Å². The van der Waals surface area contributed by atoms with Crippen LogP contribution in [0.1, 0.15) is 35.4 Å². The molecule has 0 spiro atoms. The van der Waals surface area contributed by atoms with E-state index in [1.807, 2.05) is 73.7 Å². The van der Waals surface area contributed by atoms with Gasteiger partial charge in [-0.1, -0.05) is 77.9 Å². The van der Waals surface area contributed by atoms with Gasteiger partial charge in [-0.2, -0.15) is 5.01 Å². The monoisotopic (exact) mass is 809 g/mol. The zero-order valence-electron chi connectivity index (χ0n) is 27.7. The molecule has 8 rings (SSSR count). The fourth-order valence-electron chi connectivity index (χ4n) is 8.90. The van der Waals surface area contributed by atoms with E-state index in [4.69, 9.17) is 4.74 Å². The van der Waals surface area contributed by atoms with Crippen molar-refractivity contribution in [1.29, 1.82) is 0 Å². The molecule has 4 amide bonds. The minimum absolute atomic E-state index is 0.130. The number of fused-ring (bicyclic) bond motifs is 4. The second-order valence-corrected chi connectivity index (χ2v) is 15.2. The second-order valence-electron chi connectivity index (χ2n) is 13.6. The molecule has 0 aromatic heterocycles. The number of hydrazine groups is 1. The van der Waals surface area contributed by atoms with Crippen LogP contribution in [0.4, 0.5) is 11.4 Å².